The van der Waals surface area contributed by atoms with E-state index < -0.39 is 0 Å². The largest absolute Gasteiger partial charge is 0.353 e. The SMILES string of the molecule is CCCNC(C)c1ccc(SC(C)C(=O)NC(C)C)cc1. The van der Waals surface area contributed by atoms with Crippen molar-refractivity contribution < 1.29 is 4.79 Å². The Hall–Kier alpha value is -1.00. The van der Waals surface area contributed by atoms with Crippen LogP contribution in [0.15, 0.2) is 29.2 Å². The second-order valence-corrected chi connectivity index (χ2v) is 7.08. The summed E-state index contributed by atoms with van der Waals surface area (Å²) in [6, 6.07) is 9.04. The Bertz CT molecular complexity index is 431. The van der Waals surface area contributed by atoms with Crippen molar-refractivity contribution in [2.24, 2.45) is 0 Å². The first kappa shape index (κ1) is 18.1. The Labute approximate surface area is 133 Å². The normalized spacial score (nSPS) is 14.0. The summed E-state index contributed by atoms with van der Waals surface area (Å²) in [6.45, 7) is 11.3. The highest BCUT2D eigenvalue weighted by Gasteiger charge is 2.15. The highest BCUT2D eigenvalue weighted by molar-refractivity contribution is 8.00. The minimum absolute atomic E-state index is 0.0751. The lowest BCUT2D eigenvalue weighted by atomic mass is 10.1. The summed E-state index contributed by atoms with van der Waals surface area (Å²) in [5.74, 6) is 0.0945. The monoisotopic (exact) mass is 308 g/mol. The van der Waals surface area contributed by atoms with E-state index in [4.69, 9.17) is 0 Å². The van der Waals surface area contributed by atoms with Crippen molar-refractivity contribution in [1.29, 1.82) is 0 Å². The van der Waals surface area contributed by atoms with Crippen LogP contribution in [0.4, 0.5) is 0 Å². The Balaban J connectivity index is 2.56. The third-order valence-corrected chi connectivity index (χ3v) is 4.31. The third-order valence-electron chi connectivity index (χ3n) is 3.19. The smallest absolute Gasteiger partial charge is 0.233 e. The molecule has 0 aliphatic rings. The number of hydrogen-bond acceptors (Lipinski definition) is 3. The van der Waals surface area contributed by atoms with Gasteiger partial charge in [-0.1, -0.05) is 19.1 Å². The molecule has 3 nitrogen and oxygen atoms in total. The quantitative estimate of drug-likeness (QED) is 0.719. The lowest BCUT2D eigenvalue weighted by Crippen LogP contribution is -2.35. The molecule has 0 radical (unpaired) electrons. The lowest BCUT2D eigenvalue weighted by Gasteiger charge is -2.16. The van der Waals surface area contributed by atoms with E-state index in [-0.39, 0.29) is 17.2 Å². The number of thioether (sulfide) groups is 1. The molecule has 1 amide bonds. The van der Waals surface area contributed by atoms with Crippen LogP contribution in [-0.4, -0.2) is 23.7 Å². The van der Waals surface area contributed by atoms with Crippen LogP contribution in [0.5, 0.6) is 0 Å². The molecule has 0 saturated carbocycles. The first-order valence-corrected chi connectivity index (χ1v) is 8.62. The second-order valence-electron chi connectivity index (χ2n) is 5.67. The Morgan fingerprint density at radius 1 is 1.14 bits per heavy atom. The summed E-state index contributed by atoms with van der Waals surface area (Å²) in [5, 5.41) is 6.35. The van der Waals surface area contributed by atoms with E-state index in [1.54, 1.807) is 11.8 Å². The molecular weight excluding hydrogens is 280 g/mol. The van der Waals surface area contributed by atoms with Gasteiger partial charge in [0.15, 0.2) is 0 Å². The number of carbonyl (C=O) groups is 1. The number of hydrogen-bond donors (Lipinski definition) is 2. The first-order chi connectivity index (χ1) is 9.93. The average molecular weight is 308 g/mol. The van der Waals surface area contributed by atoms with Crippen LogP contribution in [0.2, 0.25) is 0 Å². The van der Waals surface area contributed by atoms with E-state index in [1.807, 2.05) is 20.8 Å². The molecule has 0 fully saturated rings. The molecule has 0 aliphatic carbocycles. The van der Waals surface area contributed by atoms with Gasteiger partial charge >= 0.3 is 0 Å². The zero-order valence-corrected chi connectivity index (χ0v) is 14.6. The van der Waals surface area contributed by atoms with Crippen molar-refractivity contribution in [3.8, 4) is 0 Å². The summed E-state index contributed by atoms with van der Waals surface area (Å²) in [5.41, 5.74) is 1.28. The molecule has 4 heteroatoms. The minimum atomic E-state index is -0.0751. The van der Waals surface area contributed by atoms with E-state index in [0.29, 0.717) is 6.04 Å². The van der Waals surface area contributed by atoms with Gasteiger partial charge in [-0.15, -0.1) is 11.8 Å². The molecule has 2 atom stereocenters. The third kappa shape index (κ3) is 6.53. The molecule has 0 saturated heterocycles. The predicted molar refractivity (Wildman–Crippen MR) is 91.7 cm³/mol. The number of benzene rings is 1. The summed E-state index contributed by atoms with van der Waals surface area (Å²) in [7, 11) is 0. The van der Waals surface area contributed by atoms with Gasteiger partial charge < -0.3 is 10.6 Å². The summed E-state index contributed by atoms with van der Waals surface area (Å²) >= 11 is 1.60. The fourth-order valence-electron chi connectivity index (χ4n) is 1.97. The number of amides is 1. The van der Waals surface area contributed by atoms with Crippen molar-refractivity contribution in [3.05, 3.63) is 29.8 Å². The maximum Gasteiger partial charge on any atom is 0.233 e. The average Bonchev–Trinajstić information content (AvgIpc) is 2.44. The van der Waals surface area contributed by atoms with Gasteiger partial charge in [0.2, 0.25) is 5.91 Å². The molecule has 0 spiro atoms. The zero-order valence-electron chi connectivity index (χ0n) is 13.8. The van der Waals surface area contributed by atoms with E-state index in [9.17, 15) is 4.79 Å². The minimum Gasteiger partial charge on any atom is -0.353 e. The molecule has 0 heterocycles. The fourth-order valence-corrected chi connectivity index (χ4v) is 2.85. The van der Waals surface area contributed by atoms with Crippen LogP contribution >= 0.6 is 11.8 Å². The van der Waals surface area contributed by atoms with E-state index >= 15 is 0 Å². The molecule has 2 unspecified atom stereocenters. The summed E-state index contributed by atoms with van der Waals surface area (Å²) in [6.07, 6.45) is 1.14. The van der Waals surface area contributed by atoms with Gasteiger partial charge in [0.05, 0.1) is 5.25 Å². The van der Waals surface area contributed by atoms with E-state index in [2.05, 4.69) is 48.7 Å². The maximum atomic E-state index is 11.9. The van der Waals surface area contributed by atoms with Crippen LogP contribution in [0.3, 0.4) is 0 Å². The van der Waals surface area contributed by atoms with Gasteiger partial charge in [0.1, 0.15) is 0 Å². The van der Waals surface area contributed by atoms with Crippen LogP contribution < -0.4 is 10.6 Å². The zero-order chi connectivity index (χ0) is 15.8. The van der Waals surface area contributed by atoms with E-state index in [0.717, 1.165) is 17.9 Å². The van der Waals surface area contributed by atoms with Crippen molar-refractivity contribution >= 4 is 17.7 Å². The van der Waals surface area contributed by atoms with Crippen molar-refractivity contribution in [1.82, 2.24) is 10.6 Å². The van der Waals surface area contributed by atoms with Gasteiger partial charge in [0, 0.05) is 17.0 Å². The van der Waals surface area contributed by atoms with Gasteiger partial charge in [-0.2, -0.15) is 0 Å². The molecule has 1 rings (SSSR count). The molecule has 1 aromatic carbocycles. The van der Waals surface area contributed by atoms with Crippen molar-refractivity contribution in [3.63, 3.8) is 0 Å². The highest BCUT2D eigenvalue weighted by atomic mass is 32.2. The van der Waals surface area contributed by atoms with Crippen molar-refractivity contribution in [2.75, 3.05) is 6.54 Å². The number of nitrogens with one attached hydrogen (secondary N) is 2. The predicted octanol–water partition coefficient (Wildman–Crippen LogP) is 3.75. The number of carbonyl (C=O) groups excluding carboxylic acids is 1. The van der Waals surface area contributed by atoms with Crippen LogP contribution in [0.25, 0.3) is 0 Å². The Morgan fingerprint density at radius 2 is 1.76 bits per heavy atom. The lowest BCUT2D eigenvalue weighted by molar-refractivity contribution is -0.120. The molecule has 0 bridgehead atoms. The molecule has 0 aliphatic heterocycles. The molecule has 0 aromatic heterocycles. The Morgan fingerprint density at radius 3 is 2.29 bits per heavy atom. The number of rotatable bonds is 8. The maximum absolute atomic E-state index is 11.9. The second kappa shape index (κ2) is 9.11. The van der Waals surface area contributed by atoms with Gasteiger partial charge in [-0.3, -0.25) is 4.79 Å². The standard InChI is InChI=1S/C17H28N2OS/c1-6-11-18-13(4)15-7-9-16(10-8-15)21-14(5)17(20)19-12(2)3/h7-10,12-14,18H,6,11H2,1-5H3,(H,19,20). The van der Waals surface area contributed by atoms with Crippen LogP contribution in [0, 0.1) is 0 Å². The van der Waals surface area contributed by atoms with Crippen LogP contribution in [-0.2, 0) is 4.79 Å². The van der Waals surface area contributed by atoms with E-state index in [1.165, 1.54) is 5.56 Å². The Kier molecular flexibility index (Phi) is 7.83. The summed E-state index contributed by atoms with van der Waals surface area (Å²) < 4.78 is 0. The molecule has 118 valence electrons. The summed E-state index contributed by atoms with van der Waals surface area (Å²) in [4.78, 5) is 13.0. The molecule has 2 N–H and O–H groups in total. The molecule has 21 heavy (non-hydrogen) atoms. The van der Waals surface area contributed by atoms with Crippen molar-refractivity contribution in [2.45, 2.75) is 63.3 Å². The fraction of sp³-hybridized carbons (Fsp3) is 0.588. The van der Waals surface area contributed by atoms with Crippen LogP contribution in [0.1, 0.15) is 52.6 Å². The molecule has 1 aromatic rings. The highest BCUT2D eigenvalue weighted by Crippen LogP contribution is 2.25. The molecular formula is C17H28N2OS. The van der Waals surface area contributed by atoms with Gasteiger partial charge in [0.25, 0.3) is 0 Å². The first-order valence-electron chi connectivity index (χ1n) is 7.74. The van der Waals surface area contributed by atoms with Gasteiger partial charge in [-0.25, -0.2) is 0 Å². The topological polar surface area (TPSA) is 41.1 Å². The van der Waals surface area contributed by atoms with Gasteiger partial charge in [-0.05, 0) is 58.4 Å².